The van der Waals surface area contributed by atoms with Crippen LogP contribution in [0.1, 0.15) is 56.9 Å². The molecule has 0 aromatic heterocycles. The first-order valence-electron chi connectivity index (χ1n) is 11.5. The lowest BCUT2D eigenvalue weighted by Gasteiger charge is -2.36. The first kappa shape index (κ1) is 18.9. The van der Waals surface area contributed by atoms with Crippen LogP contribution >= 0.6 is 0 Å². The van der Waals surface area contributed by atoms with Crippen molar-refractivity contribution in [3.8, 4) is 11.1 Å². The average molecular weight is 389 g/mol. The topological polar surface area (TPSA) is 23.6 Å². The van der Waals surface area contributed by atoms with Gasteiger partial charge in [0.05, 0.1) is 0 Å². The summed E-state index contributed by atoms with van der Waals surface area (Å²) < 4.78 is 0. The highest BCUT2D eigenvalue weighted by Crippen LogP contribution is 2.42. The summed E-state index contributed by atoms with van der Waals surface area (Å²) >= 11 is 0. The van der Waals surface area contributed by atoms with E-state index in [1.54, 1.807) is 0 Å². The molecule has 0 radical (unpaired) electrons. The molecule has 0 bridgehead atoms. The van der Waals surface area contributed by atoms with Gasteiger partial charge in [0.2, 0.25) is 5.91 Å². The molecule has 1 unspecified atom stereocenters. The highest BCUT2D eigenvalue weighted by atomic mass is 16.2. The van der Waals surface area contributed by atoms with Gasteiger partial charge in [0, 0.05) is 19.1 Å². The predicted octanol–water partition coefficient (Wildman–Crippen LogP) is 5.25. The Morgan fingerprint density at radius 1 is 0.828 bits per heavy atom. The van der Waals surface area contributed by atoms with Crippen molar-refractivity contribution >= 4 is 5.91 Å². The summed E-state index contributed by atoms with van der Waals surface area (Å²) in [6.07, 6.45) is 9.50. The van der Waals surface area contributed by atoms with E-state index in [9.17, 15) is 4.79 Å². The molecule has 152 valence electrons. The lowest BCUT2D eigenvalue weighted by Crippen LogP contribution is -2.51. The number of hydrogen-bond donors (Lipinski definition) is 0. The van der Waals surface area contributed by atoms with E-state index in [1.165, 1.54) is 48.8 Å². The van der Waals surface area contributed by atoms with Gasteiger partial charge in [-0.2, -0.15) is 0 Å². The van der Waals surface area contributed by atoms with E-state index in [4.69, 9.17) is 0 Å². The third-order valence-corrected chi connectivity index (χ3v) is 7.53. The molecule has 1 atom stereocenters. The molecule has 2 aromatic carbocycles. The van der Waals surface area contributed by atoms with Crippen LogP contribution in [-0.4, -0.2) is 40.4 Å². The molecule has 0 N–H and O–H groups in total. The summed E-state index contributed by atoms with van der Waals surface area (Å²) in [5.74, 6) is 0.430. The Bertz CT molecular complexity index is 858. The molecule has 1 amide bonds. The van der Waals surface area contributed by atoms with E-state index in [0.29, 0.717) is 11.9 Å². The summed E-state index contributed by atoms with van der Waals surface area (Å²) in [4.78, 5) is 18.4. The first-order valence-corrected chi connectivity index (χ1v) is 11.5. The van der Waals surface area contributed by atoms with Crippen LogP contribution in [0.2, 0.25) is 0 Å². The van der Waals surface area contributed by atoms with Crippen LogP contribution in [0.15, 0.2) is 54.6 Å². The Balaban J connectivity index is 1.39. The summed E-state index contributed by atoms with van der Waals surface area (Å²) in [5, 5.41) is 0. The fourth-order valence-corrected chi connectivity index (χ4v) is 5.98. The van der Waals surface area contributed by atoms with Crippen LogP contribution in [0.3, 0.4) is 0 Å². The summed E-state index contributed by atoms with van der Waals surface area (Å²) in [7, 11) is 0. The Kier molecular flexibility index (Phi) is 5.17. The molecular formula is C26H32N2O. The minimum absolute atomic E-state index is 0.249. The van der Waals surface area contributed by atoms with Crippen molar-refractivity contribution < 1.29 is 4.79 Å². The molecule has 3 fully saturated rings. The van der Waals surface area contributed by atoms with Crippen molar-refractivity contribution in [2.45, 2.75) is 69.5 Å². The van der Waals surface area contributed by atoms with Gasteiger partial charge in [0.25, 0.3) is 0 Å². The molecule has 2 saturated heterocycles. The Labute approximate surface area is 174 Å². The van der Waals surface area contributed by atoms with Crippen LogP contribution in [-0.2, 0) is 11.3 Å². The van der Waals surface area contributed by atoms with E-state index in [0.717, 1.165) is 38.9 Å². The van der Waals surface area contributed by atoms with Crippen molar-refractivity contribution in [1.29, 1.82) is 0 Å². The van der Waals surface area contributed by atoms with Crippen molar-refractivity contribution in [3.05, 3.63) is 60.2 Å². The maximum absolute atomic E-state index is 13.7. The third kappa shape index (κ3) is 3.40. The smallest absolute Gasteiger partial charge is 0.243 e. The highest BCUT2D eigenvalue weighted by Gasteiger charge is 2.54. The second-order valence-corrected chi connectivity index (χ2v) is 9.12. The Morgan fingerprint density at radius 3 is 2.41 bits per heavy atom. The lowest BCUT2D eigenvalue weighted by molar-refractivity contribution is -0.139. The number of likely N-dealkylation sites (tertiary alicyclic amines) is 2. The van der Waals surface area contributed by atoms with Crippen molar-refractivity contribution in [3.63, 3.8) is 0 Å². The monoisotopic (exact) mass is 388 g/mol. The molecule has 1 saturated carbocycles. The number of carbonyl (C=O) groups is 1. The molecule has 2 aromatic rings. The number of carbonyl (C=O) groups excluding carboxylic acids is 1. The maximum Gasteiger partial charge on any atom is 0.243 e. The minimum atomic E-state index is -0.249. The van der Waals surface area contributed by atoms with Gasteiger partial charge < -0.3 is 4.90 Å². The van der Waals surface area contributed by atoms with Crippen LogP contribution in [0.4, 0.5) is 0 Å². The fourth-order valence-electron chi connectivity index (χ4n) is 5.98. The first-order chi connectivity index (χ1) is 14.3. The highest BCUT2D eigenvalue weighted by molar-refractivity contribution is 5.89. The van der Waals surface area contributed by atoms with E-state index in [1.807, 2.05) is 0 Å². The molecular weight excluding hydrogens is 356 g/mol. The molecule has 29 heavy (non-hydrogen) atoms. The minimum Gasteiger partial charge on any atom is -0.338 e. The fraction of sp³-hybridized carbons (Fsp3) is 0.500. The van der Waals surface area contributed by atoms with E-state index in [2.05, 4.69) is 64.4 Å². The van der Waals surface area contributed by atoms with Gasteiger partial charge >= 0.3 is 0 Å². The van der Waals surface area contributed by atoms with E-state index in [-0.39, 0.29) is 5.54 Å². The second kappa shape index (κ2) is 7.95. The van der Waals surface area contributed by atoms with Crippen LogP contribution in [0.25, 0.3) is 11.1 Å². The number of benzene rings is 2. The van der Waals surface area contributed by atoms with Gasteiger partial charge in [-0.1, -0.05) is 73.9 Å². The van der Waals surface area contributed by atoms with Crippen molar-refractivity contribution in [2.75, 3.05) is 13.1 Å². The molecule has 5 rings (SSSR count). The zero-order valence-corrected chi connectivity index (χ0v) is 17.4. The lowest BCUT2D eigenvalue weighted by atomic mass is 9.91. The molecule has 2 heterocycles. The van der Waals surface area contributed by atoms with Gasteiger partial charge in [-0.25, -0.2) is 0 Å². The number of amides is 1. The van der Waals surface area contributed by atoms with Gasteiger partial charge in [0.1, 0.15) is 5.54 Å². The zero-order chi connectivity index (χ0) is 19.7. The van der Waals surface area contributed by atoms with Crippen molar-refractivity contribution in [1.82, 2.24) is 9.80 Å². The summed E-state index contributed by atoms with van der Waals surface area (Å²) in [6.45, 7) is 2.86. The largest absolute Gasteiger partial charge is 0.338 e. The molecule has 2 aliphatic heterocycles. The standard InChI is InChI=1S/C26H32N2O/c29-25-26(17-19-28(25)23-13-5-2-6-14-23)16-9-18-27(26)20-22-12-7-8-15-24(22)21-10-3-1-4-11-21/h1,3-4,7-8,10-12,15,23H,2,5-6,9,13-14,16-20H2. The molecule has 1 aliphatic carbocycles. The summed E-state index contributed by atoms with van der Waals surface area (Å²) in [6, 6.07) is 19.9. The second-order valence-electron chi connectivity index (χ2n) is 9.12. The number of hydrogen-bond acceptors (Lipinski definition) is 2. The normalized spacial score (nSPS) is 25.9. The Morgan fingerprint density at radius 2 is 1.59 bits per heavy atom. The SMILES string of the molecule is O=C1N(C2CCCCC2)CCC12CCCN2Cc1ccccc1-c1ccccc1. The van der Waals surface area contributed by atoms with Gasteiger partial charge in [-0.3, -0.25) is 9.69 Å². The maximum atomic E-state index is 13.7. The molecule has 3 aliphatic rings. The average Bonchev–Trinajstić information content (AvgIpc) is 3.34. The number of rotatable bonds is 4. The molecule has 3 nitrogen and oxygen atoms in total. The summed E-state index contributed by atoms with van der Waals surface area (Å²) in [5.41, 5.74) is 3.65. The Hall–Kier alpha value is -2.13. The van der Waals surface area contributed by atoms with Crippen LogP contribution in [0.5, 0.6) is 0 Å². The van der Waals surface area contributed by atoms with Crippen LogP contribution in [0, 0.1) is 0 Å². The van der Waals surface area contributed by atoms with Crippen molar-refractivity contribution in [2.24, 2.45) is 0 Å². The predicted molar refractivity (Wildman–Crippen MR) is 117 cm³/mol. The molecule has 1 spiro atoms. The van der Waals surface area contributed by atoms with E-state index >= 15 is 0 Å². The zero-order valence-electron chi connectivity index (χ0n) is 17.4. The van der Waals surface area contributed by atoms with Gasteiger partial charge in [-0.15, -0.1) is 0 Å². The van der Waals surface area contributed by atoms with Gasteiger partial charge in [-0.05, 0) is 55.3 Å². The molecule has 3 heteroatoms. The van der Waals surface area contributed by atoms with Gasteiger partial charge in [0.15, 0.2) is 0 Å². The third-order valence-electron chi connectivity index (χ3n) is 7.53. The number of nitrogens with zero attached hydrogens (tertiary/aromatic N) is 2. The quantitative estimate of drug-likeness (QED) is 0.714. The van der Waals surface area contributed by atoms with Crippen LogP contribution < -0.4 is 0 Å². The van der Waals surface area contributed by atoms with E-state index < -0.39 is 0 Å².